The zero-order valence-electron chi connectivity index (χ0n) is 12.1. The van der Waals surface area contributed by atoms with Gasteiger partial charge in [-0.2, -0.15) is 0 Å². The van der Waals surface area contributed by atoms with E-state index in [0.717, 1.165) is 9.60 Å². The highest BCUT2D eigenvalue weighted by Crippen LogP contribution is 2.38. The van der Waals surface area contributed by atoms with Gasteiger partial charge in [-0.05, 0) is 18.2 Å². The summed E-state index contributed by atoms with van der Waals surface area (Å²) in [7, 11) is 1.51. The molecule has 0 aliphatic carbocycles. The summed E-state index contributed by atoms with van der Waals surface area (Å²) in [6, 6.07) is 10.1. The van der Waals surface area contributed by atoms with E-state index in [-0.39, 0.29) is 11.8 Å². The molecule has 7 heteroatoms. The number of benzene rings is 2. The van der Waals surface area contributed by atoms with Gasteiger partial charge >= 0.3 is 0 Å². The topological polar surface area (TPSA) is 85.5 Å². The number of nitrogen functional groups attached to an aromatic ring is 1. The van der Waals surface area contributed by atoms with Gasteiger partial charge in [0.1, 0.15) is 11.3 Å². The summed E-state index contributed by atoms with van der Waals surface area (Å²) in [5.74, 6) is -0.212. The first-order chi connectivity index (χ1) is 11.1. The van der Waals surface area contributed by atoms with Crippen LogP contribution >= 0.6 is 11.3 Å². The highest BCUT2D eigenvalue weighted by molar-refractivity contribution is 7.22. The molecule has 0 bridgehead atoms. The number of imide groups is 1. The molecule has 2 amide bonds. The van der Waals surface area contributed by atoms with Gasteiger partial charge in [0.2, 0.25) is 0 Å². The van der Waals surface area contributed by atoms with Gasteiger partial charge in [-0.3, -0.25) is 9.59 Å². The number of thiazole rings is 1. The number of carbonyl (C=O) groups excluding carboxylic acids is 2. The lowest BCUT2D eigenvalue weighted by molar-refractivity contribution is 0.0926. The maximum atomic E-state index is 12.6. The quantitative estimate of drug-likeness (QED) is 0.732. The Hall–Kier alpha value is -2.93. The molecule has 0 spiro atoms. The van der Waals surface area contributed by atoms with E-state index in [4.69, 9.17) is 10.5 Å². The minimum Gasteiger partial charge on any atom is -0.494 e. The molecule has 2 aromatic carbocycles. The molecule has 1 aliphatic heterocycles. The van der Waals surface area contributed by atoms with E-state index in [1.165, 1.54) is 18.4 Å². The Balaban J connectivity index is 1.90. The van der Waals surface area contributed by atoms with Crippen molar-refractivity contribution in [3.05, 3.63) is 47.5 Å². The van der Waals surface area contributed by atoms with Crippen molar-refractivity contribution < 1.29 is 14.3 Å². The van der Waals surface area contributed by atoms with Crippen LogP contribution in [0.5, 0.6) is 5.75 Å². The Morgan fingerprint density at radius 1 is 1.13 bits per heavy atom. The summed E-state index contributed by atoms with van der Waals surface area (Å²) in [5.41, 5.74) is 7.62. The smallest absolute Gasteiger partial charge is 0.266 e. The Morgan fingerprint density at radius 2 is 1.78 bits per heavy atom. The average molecular weight is 325 g/mol. The average Bonchev–Trinajstić information content (AvgIpc) is 3.04. The number of amides is 2. The van der Waals surface area contributed by atoms with E-state index < -0.39 is 0 Å². The molecule has 3 aromatic rings. The third kappa shape index (κ3) is 1.90. The molecule has 23 heavy (non-hydrogen) atoms. The largest absolute Gasteiger partial charge is 0.494 e. The van der Waals surface area contributed by atoms with Gasteiger partial charge in [0.05, 0.1) is 28.6 Å². The number of ether oxygens (including phenoxy) is 1. The van der Waals surface area contributed by atoms with E-state index in [1.54, 1.807) is 36.4 Å². The van der Waals surface area contributed by atoms with E-state index in [0.29, 0.717) is 33.2 Å². The van der Waals surface area contributed by atoms with Gasteiger partial charge in [0.15, 0.2) is 5.13 Å². The standard InChI is InChI=1S/C16H11N3O3S/c1-22-11-6-8(7-12-13(11)18-16(17)23-12)19-14(20)9-4-2-3-5-10(9)15(19)21/h2-7H,1H3,(H2,17,18). The number of hydrogen-bond donors (Lipinski definition) is 1. The third-order valence-corrected chi connectivity index (χ3v) is 4.56. The molecule has 0 saturated heterocycles. The van der Waals surface area contributed by atoms with Crippen LogP contribution < -0.4 is 15.4 Å². The summed E-state index contributed by atoms with van der Waals surface area (Å²) in [6.07, 6.45) is 0. The Labute approximate surface area is 135 Å². The number of nitrogens with zero attached hydrogens (tertiary/aromatic N) is 2. The molecule has 1 aliphatic rings. The number of rotatable bonds is 2. The predicted molar refractivity (Wildman–Crippen MR) is 88.2 cm³/mol. The van der Waals surface area contributed by atoms with Crippen molar-refractivity contribution >= 4 is 44.2 Å². The highest BCUT2D eigenvalue weighted by Gasteiger charge is 2.36. The number of anilines is 2. The van der Waals surface area contributed by atoms with Crippen molar-refractivity contribution in [1.82, 2.24) is 4.98 Å². The van der Waals surface area contributed by atoms with Gasteiger partial charge in [-0.15, -0.1) is 0 Å². The van der Waals surface area contributed by atoms with Gasteiger partial charge in [0.25, 0.3) is 11.8 Å². The van der Waals surface area contributed by atoms with Gasteiger partial charge in [-0.1, -0.05) is 23.5 Å². The lowest BCUT2D eigenvalue weighted by atomic mass is 10.1. The van der Waals surface area contributed by atoms with Gasteiger partial charge in [0, 0.05) is 6.07 Å². The number of aromatic nitrogens is 1. The Morgan fingerprint density at radius 3 is 2.39 bits per heavy atom. The van der Waals surface area contributed by atoms with Crippen LogP contribution in [0.4, 0.5) is 10.8 Å². The van der Waals surface area contributed by atoms with Crippen molar-refractivity contribution in [1.29, 1.82) is 0 Å². The Bertz CT molecular complexity index is 945. The maximum absolute atomic E-state index is 12.6. The van der Waals surface area contributed by atoms with Crippen LogP contribution in [0.3, 0.4) is 0 Å². The summed E-state index contributed by atoms with van der Waals surface area (Å²) < 4.78 is 6.09. The molecule has 4 rings (SSSR count). The fourth-order valence-corrected chi connectivity index (χ4v) is 3.50. The van der Waals surface area contributed by atoms with E-state index >= 15 is 0 Å². The van der Waals surface area contributed by atoms with Crippen molar-refractivity contribution in [2.75, 3.05) is 17.7 Å². The number of nitrogens with two attached hydrogens (primary N) is 1. The van der Waals surface area contributed by atoms with E-state index in [2.05, 4.69) is 4.98 Å². The normalized spacial score (nSPS) is 13.7. The summed E-state index contributed by atoms with van der Waals surface area (Å²) >= 11 is 1.28. The lowest BCUT2D eigenvalue weighted by Crippen LogP contribution is -2.29. The van der Waals surface area contributed by atoms with Crippen LogP contribution in [-0.4, -0.2) is 23.9 Å². The number of fused-ring (bicyclic) bond motifs is 2. The fraction of sp³-hybridized carbons (Fsp3) is 0.0625. The molecule has 2 heterocycles. The highest BCUT2D eigenvalue weighted by atomic mass is 32.1. The second-order valence-corrected chi connectivity index (χ2v) is 6.10. The van der Waals surface area contributed by atoms with E-state index in [9.17, 15) is 9.59 Å². The van der Waals surface area contributed by atoms with Crippen LogP contribution in [-0.2, 0) is 0 Å². The molecule has 0 saturated carbocycles. The molecule has 6 nitrogen and oxygen atoms in total. The first-order valence-electron chi connectivity index (χ1n) is 6.82. The van der Waals surface area contributed by atoms with Crippen LogP contribution in [0.25, 0.3) is 10.2 Å². The van der Waals surface area contributed by atoms with Crippen molar-refractivity contribution in [3.63, 3.8) is 0 Å². The molecule has 0 atom stereocenters. The molecule has 0 unspecified atom stereocenters. The molecule has 0 fully saturated rings. The van der Waals surface area contributed by atoms with Crippen molar-refractivity contribution in [2.45, 2.75) is 0 Å². The Kier molecular flexibility index (Phi) is 2.85. The fourth-order valence-electron chi connectivity index (χ4n) is 2.71. The van der Waals surface area contributed by atoms with Gasteiger partial charge < -0.3 is 10.5 Å². The molecular weight excluding hydrogens is 314 g/mol. The van der Waals surface area contributed by atoms with Crippen LogP contribution in [0.15, 0.2) is 36.4 Å². The minimum atomic E-state index is -0.343. The van der Waals surface area contributed by atoms with Gasteiger partial charge in [-0.25, -0.2) is 9.88 Å². The second-order valence-electron chi connectivity index (χ2n) is 5.04. The SMILES string of the molecule is COc1cc(N2C(=O)c3ccccc3C2=O)cc2sc(N)nc12. The monoisotopic (exact) mass is 325 g/mol. The minimum absolute atomic E-state index is 0.343. The predicted octanol–water partition coefficient (Wildman–Crippen LogP) is 2.69. The second kappa shape index (κ2) is 4.79. The molecule has 114 valence electrons. The number of carbonyl (C=O) groups is 2. The summed E-state index contributed by atoms with van der Waals surface area (Å²) in [4.78, 5) is 30.5. The molecular formula is C16H11N3O3S. The first-order valence-corrected chi connectivity index (χ1v) is 7.63. The zero-order valence-corrected chi connectivity index (χ0v) is 12.9. The van der Waals surface area contributed by atoms with Crippen LogP contribution in [0, 0.1) is 0 Å². The van der Waals surface area contributed by atoms with Crippen LogP contribution in [0.1, 0.15) is 20.7 Å². The molecule has 2 N–H and O–H groups in total. The summed E-state index contributed by atoms with van der Waals surface area (Å²) in [6.45, 7) is 0. The number of hydrogen-bond acceptors (Lipinski definition) is 6. The summed E-state index contributed by atoms with van der Waals surface area (Å²) in [5, 5.41) is 0.401. The maximum Gasteiger partial charge on any atom is 0.266 e. The third-order valence-electron chi connectivity index (χ3n) is 3.73. The molecule has 0 radical (unpaired) electrons. The lowest BCUT2D eigenvalue weighted by Gasteiger charge is -2.15. The zero-order chi connectivity index (χ0) is 16.1. The first kappa shape index (κ1) is 13.7. The van der Waals surface area contributed by atoms with Crippen molar-refractivity contribution in [3.8, 4) is 5.75 Å². The van der Waals surface area contributed by atoms with Crippen LogP contribution in [0.2, 0.25) is 0 Å². The van der Waals surface area contributed by atoms with E-state index in [1.807, 2.05) is 0 Å². The van der Waals surface area contributed by atoms with Crippen molar-refractivity contribution in [2.24, 2.45) is 0 Å². The molecule has 1 aromatic heterocycles. The number of methoxy groups -OCH3 is 1.